The SMILES string of the molecule is COc1ccccc1-c1nnc(SCC[C@H]2CCCCN2C)n1-c1ccc(C)cc1. The van der Waals surface area contributed by atoms with E-state index in [0.717, 1.165) is 33.7 Å². The van der Waals surface area contributed by atoms with Crippen LogP contribution in [0.15, 0.2) is 53.7 Å². The minimum atomic E-state index is 0.677. The highest BCUT2D eigenvalue weighted by Crippen LogP contribution is 2.33. The Balaban J connectivity index is 1.63. The van der Waals surface area contributed by atoms with Crippen LogP contribution < -0.4 is 4.74 Å². The van der Waals surface area contributed by atoms with Crippen molar-refractivity contribution in [3.63, 3.8) is 0 Å². The summed E-state index contributed by atoms with van der Waals surface area (Å²) < 4.78 is 7.76. The molecule has 0 unspecified atom stereocenters. The van der Waals surface area contributed by atoms with Gasteiger partial charge in [0, 0.05) is 17.5 Å². The lowest BCUT2D eigenvalue weighted by molar-refractivity contribution is 0.182. The molecule has 0 N–H and O–H groups in total. The third-order valence-corrected chi connectivity index (χ3v) is 6.84. The monoisotopic (exact) mass is 422 g/mol. The van der Waals surface area contributed by atoms with Crippen LogP contribution in [-0.4, -0.2) is 52.2 Å². The number of piperidine rings is 1. The maximum atomic E-state index is 5.60. The molecule has 1 aliphatic rings. The molecule has 158 valence electrons. The molecule has 1 aliphatic heterocycles. The van der Waals surface area contributed by atoms with Crippen molar-refractivity contribution in [3.05, 3.63) is 54.1 Å². The van der Waals surface area contributed by atoms with E-state index in [9.17, 15) is 0 Å². The van der Waals surface area contributed by atoms with Gasteiger partial charge in [0.1, 0.15) is 5.75 Å². The highest BCUT2D eigenvalue weighted by atomic mass is 32.2. The summed E-state index contributed by atoms with van der Waals surface area (Å²) in [5.41, 5.74) is 3.26. The molecule has 1 aromatic heterocycles. The quantitative estimate of drug-likeness (QED) is 0.489. The average Bonchev–Trinajstić information content (AvgIpc) is 3.19. The summed E-state index contributed by atoms with van der Waals surface area (Å²) in [6.07, 6.45) is 5.14. The number of ether oxygens (including phenoxy) is 1. The third kappa shape index (κ3) is 4.55. The Morgan fingerprint density at radius 2 is 1.87 bits per heavy atom. The molecule has 0 saturated carbocycles. The first-order valence-electron chi connectivity index (χ1n) is 10.7. The van der Waals surface area contributed by atoms with Crippen LogP contribution >= 0.6 is 11.8 Å². The summed E-state index contributed by atoms with van der Waals surface area (Å²) in [7, 11) is 3.95. The van der Waals surface area contributed by atoms with Crippen LogP contribution in [-0.2, 0) is 0 Å². The molecule has 0 radical (unpaired) electrons. The van der Waals surface area contributed by atoms with Gasteiger partial charge in [0.15, 0.2) is 11.0 Å². The molecule has 1 fully saturated rings. The Hall–Kier alpha value is -2.31. The van der Waals surface area contributed by atoms with Crippen molar-refractivity contribution < 1.29 is 4.74 Å². The molecular formula is C24H30N4OS. The summed E-state index contributed by atoms with van der Waals surface area (Å²) >= 11 is 1.79. The number of aromatic nitrogens is 3. The van der Waals surface area contributed by atoms with Crippen LogP contribution in [0.3, 0.4) is 0 Å². The van der Waals surface area contributed by atoms with Crippen LogP contribution in [0.5, 0.6) is 5.75 Å². The second kappa shape index (κ2) is 9.67. The van der Waals surface area contributed by atoms with Gasteiger partial charge in [-0.3, -0.25) is 4.57 Å². The van der Waals surface area contributed by atoms with Gasteiger partial charge in [-0.05, 0) is 64.0 Å². The number of thioether (sulfide) groups is 1. The zero-order chi connectivity index (χ0) is 20.9. The van der Waals surface area contributed by atoms with Gasteiger partial charge in [-0.15, -0.1) is 10.2 Å². The van der Waals surface area contributed by atoms with Crippen molar-refractivity contribution in [3.8, 4) is 22.8 Å². The van der Waals surface area contributed by atoms with Crippen molar-refractivity contribution >= 4 is 11.8 Å². The molecular weight excluding hydrogens is 392 g/mol. The first-order chi connectivity index (χ1) is 14.7. The largest absolute Gasteiger partial charge is 0.496 e. The molecule has 5 nitrogen and oxygen atoms in total. The maximum Gasteiger partial charge on any atom is 0.196 e. The van der Waals surface area contributed by atoms with E-state index < -0.39 is 0 Å². The van der Waals surface area contributed by atoms with Gasteiger partial charge in [-0.25, -0.2) is 0 Å². The number of hydrogen-bond donors (Lipinski definition) is 0. The van der Waals surface area contributed by atoms with Gasteiger partial charge in [0.05, 0.1) is 12.7 Å². The fraction of sp³-hybridized carbons (Fsp3) is 0.417. The van der Waals surface area contributed by atoms with Crippen LogP contribution in [0.1, 0.15) is 31.2 Å². The number of rotatable bonds is 7. The fourth-order valence-electron chi connectivity index (χ4n) is 4.09. The zero-order valence-electron chi connectivity index (χ0n) is 18.0. The highest BCUT2D eigenvalue weighted by Gasteiger charge is 2.21. The summed E-state index contributed by atoms with van der Waals surface area (Å²) in [6, 6.07) is 17.2. The molecule has 1 atom stereocenters. The normalized spacial score (nSPS) is 17.2. The Kier molecular flexibility index (Phi) is 6.75. The minimum absolute atomic E-state index is 0.677. The van der Waals surface area contributed by atoms with Crippen molar-refractivity contribution in [2.45, 2.75) is 43.8 Å². The Morgan fingerprint density at radius 1 is 1.07 bits per heavy atom. The Labute approximate surface area is 183 Å². The highest BCUT2D eigenvalue weighted by molar-refractivity contribution is 7.99. The molecule has 6 heteroatoms. The zero-order valence-corrected chi connectivity index (χ0v) is 18.9. The molecule has 3 aromatic rings. The molecule has 0 spiro atoms. The summed E-state index contributed by atoms with van der Waals surface area (Å²) in [6.45, 7) is 3.32. The Bertz CT molecular complexity index is 970. The molecule has 2 heterocycles. The average molecular weight is 423 g/mol. The second-order valence-corrected chi connectivity index (χ2v) is 9.01. The van der Waals surface area contributed by atoms with Gasteiger partial charge in [0.2, 0.25) is 0 Å². The van der Waals surface area contributed by atoms with Gasteiger partial charge in [-0.1, -0.05) is 48.0 Å². The predicted octanol–water partition coefficient (Wildman–Crippen LogP) is 5.22. The molecule has 2 aromatic carbocycles. The topological polar surface area (TPSA) is 43.2 Å². The second-order valence-electron chi connectivity index (χ2n) is 7.94. The molecule has 0 amide bonds. The van der Waals surface area contributed by atoms with Crippen molar-refractivity contribution in [2.75, 3.05) is 26.5 Å². The lowest BCUT2D eigenvalue weighted by Crippen LogP contribution is -2.36. The van der Waals surface area contributed by atoms with Crippen molar-refractivity contribution in [2.24, 2.45) is 0 Å². The van der Waals surface area contributed by atoms with E-state index in [1.807, 2.05) is 24.3 Å². The lowest BCUT2D eigenvalue weighted by atomic mass is 10.0. The molecule has 30 heavy (non-hydrogen) atoms. The number of methoxy groups -OCH3 is 1. The van der Waals surface area contributed by atoms with E-state index in [-0.39, 0.29) is 0 Å². The van der Waals surface area contributed by atoms with Crippen molar-refractivity contribution in [1.82, 2.24) is 19.7 Å². The van der Waals surface area contributed by atoms with E-state index in [1.165, 1.54) is 37.8 Å². The van der Waals surface area contributed by atoms with Crippen LogP contribution in [0.2, 0.25) is 0 Å². The number of nitrogens with zero attached hydrogens (tertiary/aromatic N) is 4. The summed E-state index contributed by atoms with van der Waals surface area (Å²) in [5.74, 6) is 2.65. The van der Waals surface area contributed by atoms with Crippen LogP contribution in [0, 0.1) is 6.92 Å². The molecule has 1 saturated heterocycles. The maximum absolute atomic E-state index is 5.60. The standard InChI is InChI=1S/C24H30N4OS/c1-18-11-13-20(14-12-18)28-23(21-9-4-5-10-22(21)29-3)25-26-24(28)30-17-15-19-8-6-7-16-27(19)2/h4-5,9-14,19H,6-8,15-17H2,1-3H3/t19-/m1/s1. The fourth-order valence-corrected chi connectivity index (χ4v) is 5.08. The predicted molar refractivity (Wildman–Crippen MR) is 124 cm³/mol. The third-order valence-electron chi connectivity index (χ3n) is 5.88. The summed E-state index contributed by atoms with van der Waals surface area (Å²) in [5, 5.41) is 10.1. The molecule has 0 bridgehead atoms. The molecule has 0 aliphatic carbocycles. The number of para-hydroxylation sites is 1. The first kappa shape index (κ1) is 20.9. The van der Waals surface area contributed by atoms with Gasteiger partial charge in [0.25, 0.3) is 0 Å². The van der Waals surface area contributed by atoms with E-state index in [2.05, 4.69) is 57.9 Å². The minimum Gasteiger partial charge on any atom is -0.496 e. The first-order valence-corrected chi connectivity index (χ1v) is 11.6. The summed E-state index contributed by atoms with van der Waals surface area (Å²) in [4.78, 5) is 2.51. The number of likely N-dealkylation sites (tertiary alicyclic amines) is 1. The van der Waals surface area contributed by atoms with Gasteiger partial charge >= 0.3 is 0 Å². The number of benzene rings is 2. The lowest BCUT2D eigenvalue weighted by Gasteiger charge is -2.32. The van der Waals surface area contributed by atoms with E-state index in [4.69, 9.17) is 4.74 Å². The van der Waals surface area contributed by atoms with E-state index in [1.54, 1.807) is 18.9 Å². The Morgan fingerprint density at radius 3 is 2.63 bits per heavy atom. The van der Waals surface area contributed by atoms with Gasteiger partial charge < -0.3 is 9.64 Å². The number of aryl methyl sites for hydroxylation is 1. The van der Waals surface area contributed by atoms with E-state index >= 15 is 0 Å². The smallest absolute Gasteiger partial charge is 0.196 e. The van der Waals surface area contributed by atoms with E-state index in [0.29, 0.717) is 6.04 Å². The molecule has 4 rings (SSSR count). The van der Waals surface area contributed by atoms with Gasteiger partial charge in [-0.2, -0.15) is 0 Å². The van der Waals surface area contributed by atoms with Crippen LogP contribution in [0.4, 0.5) is 0 Å². The number of hydrogen-bond acceptors (Lipinski definition) is 5. The van der Waals surface area contributed by atoms with Crippen LogP contribution in [0.25, 0.3) is 17.1 Å². The van der Waals surface area contributed by atoms with Crippen molar-refractivity contribution in [1.29, 1.82) is 0 Å².